The van der Waals surface area contributed by atoms with Gasteiger partial charge in [0.25, 0.3) is 0 Å². The van der Waals surface area contributed by atoms with E-state index in [4.69, 9.17) is 9.47 Å². The number of rotatable bonds is 6. The molecule has 1 aliphatic carbocycles. The van der Waals surface area contributed by atoms with E-state index in [1.54, 1.807) is 0 Å². The van der Waals surface area contributed by atoms with Crippen molar-refractivity contribution in [3.63, 3.8) is 0 Å². The van der Waals surface area contributed by atoms with Crippen LogP contribution in [0.1, 0.15) is 44.9 Å². The molecule has 1 amide bonds. The molecule has 108 valence electrons. The van der Waals surface area contributed by atoms with Crippen LogP contribution in [0.15, 0.2) is 0 Å². The van der Waals surface area contributed by atoms with Crippen LogP contribution in [-0.2, 0) is 14.3 Å². The van der Waals surface area contributed by atoms with Crippen molar-refractivity contribution in [3.8, 4) is 0 Å². The zero-order chi connectivity index (χ0) is 13.1. The standard InChI is InChI=1S/C15H25NO3/c17-15(6-5-14-2-1-8-19-14)16(13-3-4-13)10-12-7-9-18-11-12/h12-14H,1-11H2. The van der Waals surface area contributed by atoms with Crippen LogP contribution < -0.4 is 0 Å². The summed E-state index contributed by atoms with van der Waals surface area (Å²) in [5.41, 5.74) is 0. The molecule has 2 atom stereocenters. The Morgan fingerprint density at radius 3 is 2.68 bits per heavy atom. The van der Waals surface area contributed by atoms with Crippen molar-refractivity contribution >= 4 is 5.91 Å². The van der Waals surface area contributed by atoms with Crippen LogP contribution >= 0.6 is 0 Å². The van der Waals surface area contributed by atoms with Crippen LogP contribution in [0.5, 0.6) is 0 Å². The summed E-state index contributed by atoms with van der Waals surface area (Å²) >= 11 is 0. The zero-order valence-corrected chi connectivity index (χ0v) is 11.7. The fourth-order valence-electron chi connectivity index (χ4n) is 3.15. The molecule has 3 aliphatic rings. The summed E-state index contributed by atoms with van der Waals surface area (Å²) in [7, 11) is 0. The molecule has 0 radical (unpaired) electrons. The average molecular weight is 267 g/mol. The predicted octanol–water partition coefficient (Wildman–Crippen LogP) is 1.97. The molecule has 4 nitrogen and oxygen atoms in total. The van der Waals surface area contributed by atoms with Gasteiger partial charge in [0.1, 0.15) is 0 Å². The fourth-order valence-corrected chi connectivity index (χ4v) is 3.15. The summed E-state index contributed by atoms with van der Waals surface area (Å²) in [6, 6.07) is 0.526. The summed E-state index contributed by atoms with van der Waals surface area (Å²) in [4.78, 5) is 14.5. The highest BCUT2D eigenvalue weighted by Gasteiger charge is 2.34. The molecule has 0 aromatic carbocycles. The summed E-state index contributed by atoms with van der Waals surface area (Å²) < 4.78 is 11.0. The van der Waals surface area contributed by atoms with Gasteiger partial charge in [-0.15, -0.1) is 0 Å². The Bertz CT molecular complexity index is 305. The number of carbonyl (C=O) groups is 1. The van der Waals surface area contributed by atoms with E-state index in [0.717, 1.165) is 52.0 Å². The maximum Gasteiger partial charge on any atom is 0.222 e. The SMILES string of the molecule is O=C(CCC1CCCO1)N(CC1CCOC1)C1CC1. The van der Waals surface area contributed by atoms with E-state index in [0.29, 0.717) is 30.4 Å². The van der Waals surface area contributed by atoms with E-state index < -0.39 is 0 Å². The second kappa shape index (κ2) is 6.23. The van der Waals surface area contributed by atoms with Crippen molar-refractivity contribution < 1.29 is 14.3 Å². The largest absolute Gasteiger partial charge is 0.381 e. The molecule has 2 heterocycles. The van der Waals surface area contributed by atoms with E-state index in [1.165, 1.54) is 12.8 Å². The van der Waals surface area contributed by atoms with Crippen LogP contribution in [0.3, 0.4) is 0 Å². The lowest BCUT2D eigenvalue weighted by molar-refractivity contribution is -0.133. The Labute approximate surface area is 115 Å². The first-order chi connectivity index (χ1) is 9.33. The van der Waals surface area contributed by atoms with Gasteiger partial charge in [0.2, 0.25) is 5.91 Å². The lowest BCUT2D eigenvalue weighted by Crippen LogP contribution is -2.37. The molecule has 1 saturated carbocycles. The number of hydrogen-bond acceptors (Lipinski definition) is 3. The van der Waals surface area contributed by atoms with Gasteiger partial charge >= 0.3 is 0 Å². The second-order valence-electron chi connectivity index (χ2n) is 6.18. The van der Waals surface area contributed by atoms with Crippen LogP contribution in [-0.4, -0.2) is 49.3 Å². The number of nitrogens with zero attached hydrogens (tertiary/aromatic N) is 1. The third kappa shape index (κ3) is 3.69. The number of amides is 1. The van der Waals surface area contributed by atoms with Crippen LogP contribution in [0.4, 0.5) is 0 Å². The minimum Gasteiger partial charge on any atom is -0.381 e. The van der Waals surface area contributed by atoms with E-state index in [-0.39, 0.29) is 0 Å². The molecule has 3 fully saturated rings. The third-order valence-corrected chi connectivity index (χ3v) is 4.49. The zero-order valence-electron chi connectivity index (χ0n) is 11.7. The number of ether oxygens (including phenoxy) is 2. The van der Waals surface area contributed by atoms with Crippen molar-refractivity contribution in [2.75, 3.05) is 26.4 Å². The first kappa shape index (κ1) is 13.4. The number of hydrogen-bond donors (Lipinski definition) is 0. The molecular weight excluding hydrogens is 242 g/mol. The third-order valence-electron chi connectivity index (χ3n) is 4.49. The topological polar surface area (TPSA) is 38.8 Å². The molecule has 0 aromatic heterocycles. The van der Waals surface area contributed by atoms with Gasteiger partial charge in [-0.05, 0) is 38.5 Å². The Hall–Kier alpha value is -0.610. The Morgan fingerprint density at radius 1 is 1.16 bits per heavy atom. The van der Waals surface area contributed by atoms with Crippen molar-refractivity contribution in [1.29, 1.82) is 0 Å². The second-order valence-corrected chi connectivity index (χ2v) is 6.18. The first-order valence-electron chi connectivity index (χ1n) is 7.82. The summed E-state index contributed by atoms with van der Waals surface area (Å²) in [5, 5.41) is 0. The van der Waals surface area contributed by atoms with Gasteiger partial charge in [-0.2, -0.15) is 0 Å². The quantitative estimate of drug-likeness (QED) is 0.738. The summed E-state index contributed by atoms with van der Waals surface area (Å²) in [6.45, 7) is 3.50. The molecule has 2 unspecified atom stereocenters. The highest BCUT2D eigenvalue weighted by molar-refractivity contribution is 5.76. The molecule has 19 heavy (non-hydrogen) atoms. The van der Waals surface area contributed by atoms with E-state index in [9.17, 15) is 4.79 Å². The lowest BCUT2D eigenvalue weighted by atomic mass is 10.1. The molecule has 0 spiro atoms. The molecule has 0 aromatic rings. The lowest BCUT2D eigenvalue weighted by Gasteiger charge is -2.25. The van der Waals surface area contributed by atoms with Crippen LogP contribution in [0.2, 0.25) is 0 Å². The minimum absolute atomic E-state index is 0.333. The molecule has 4 heteroatoms. The normalized spacial score (nSPS) is 30.7. The molecule has 0 bridgehead atoms. The molecule has 2 saturated heterocycles. The predicted molar refractivity (Wildman–Crippen MR) is 71.9 cm³/mol. The highest BCUT2D eigenvalue weighted by Crippen LogP contribution is 2.30. The average Bonchev–Trinajstić information content (AvgIpc) is 2.94. The van der Waals surface area contributed by atoms with Gasteiger partial charge in [0.15, 0.2) is 0 Å². The maximum atomic E-state index is 12.4. The summed E-state index contributed by atoms with van der Waals surface area (Å²) in [5.74, 6) is 0.900. The van der Waals surface area contributed by atoms with Gasteiger partial charge in [-0.25, -0.2) is 0 Å². The summed E-state index contributed by atoms with van der Waals surface area (Å²) in [6.07, 6.45) is 7.69. The van der Waals surface area contributed by atoms with E-state index in [2.05, 4.69) is 4.90 Å². The van der Waals surface area contributed by atoms with Crippen molar-refractivity contribution in [3.05, 3.63) is 0 Å². The number of carbonyl (C=O) groups excluding carboxylic acids is 1. The van der Waals surface area contributed by atoms with Gasteiger partial charge in [-0.1, -0.05) is 0 Å². The molecular formula is C15H25NO3. The fraction of sp³-hybridized carbons (Fsp3) is 0.933. The van der Waals surface area contributed by atoms with Crippen molar-refractivity contribution in [2.45, 2.75) is 57.1 Å². The van der Waals surface area contributed by atoms with Crippen LogP contribution in [0, 0.1) is 5.92 Å². The van der Waals surface area contributed by atoms with Crippen molar-refractivity contribution in [2.24, 2.45) is 5.92 Å². The molecule has 3 rings (SSSR count). The van der Waals surface area contributed by atoms with Crippen LogP contribution in [0.25, 0.3) is 0 Å². The monoisotopic (exact) mass is 267 g/mol. The minimum atomic E-state index is 0.333. The first-order valence-corrected chi connectivity index (χ1v) is 7.82. The maximum absolute atomic E-state index is 12.4. The van der Waals surface area contributed by atoms with E-state index >= 15 is 0 Å². The Kier molecular flexibility index (Phi) is 4.38. The Balaban J connectivity index is 1.46. The smallest absolute Gasteiger partial charge is 0.222 e. The van der Waals surface area contributed by atoms with Gasteiger partial charge < -0.3 is 14.4 Å². The molecule has 2 aliphatic heterocycles. The van der Waals surface area contributed by atoms with Gasteiger partial charge in [0.05, 0.1) is 12.7 Å². The Morgan fingerprint density at radius 2 is 2.05 bits per heavy atom. The van der Waals surface area contributed by atoms with Gasteiger partial charge in [0, 0.05) is 38.1 Å². The van der Waals surface area contributed by atoms with Gasteiger partial charge in [-0.3, -0.25) is 4.79 Å². The highest BCUT2D eigenvalue weighted by atomic mass is 16.5. The van der Waals surface area contributed by atoms with E-state index in [1.807, 2.05) is 0 Å². The molecule has 0 N–H and O–H groups in total. The van der Waals surface area contributed by atoms with Crippen molar-refractivity contribution in [1.82, 2.24) is 4.90 Å².